The standard InChI is InChI=1S/C12H12O2/c1-6-4-10(14)12-8(6)5-7-2-3-9(13)11(7)12/h6H,2-5H2,1H3. The van der Waals surface area contributed by atoms with Crippen LogP contribution in [0.4, 0.5) is 0 Å². The van der Waals surface area contributed by atoms with E-state index in [0.717, 1.165) is 24.0 Å². The normalized spacial score (nSPS) is 30.5. The molecule has 0 spiro atoms. The minimum Gasteiger partial charge on any atom is -0.294 e. The van der Waals surface area contributed by atoms with Crippen LogP contribution in [0.15, 0.2) is 22.3 Å². The molecule has 3 aliphatic carbocycles. The zero-order valence-electron chi connectivity index (χ0n) is 8.22. The van der Waals surface area contributed by atoms with Crippen LogP contribution in [0.3, 0.4) is 0 Å². The van der Waals surface area contributed by atoms with Crippen LogP contribution >= 0.6 is 0 Å². The fourth-order valence-corrected chi connectivity index (χ4v) is 2.93. The summed E-state index contributed by atoms with van der Waals surface area (Å²) in [4.78, 5) is 23.3. The summed E-state index contributed by atoms with van der Waals surface area (Å²) in [5.41, 5.74) is 4.11. The average molecular weight is 188 g/mol. The lowest BCUT2D eigenvalue weighted by Crippen LogP contribution is -2.05. The van der Waals surface area contributed by atoms with Gasteiger partial charge in [-0.1, -0.05) is 18.1 Å². The zero-order valence-corrected chi connectivity index (χ0v) is 8.22. The molecule has 72 valence electrons. The second-order valence-electron chi connectivity index (χ2n) is 4.51. The molecule has 1 unspecified atom stereocenters. The van der Waals surface area contributed by atoms with Gasteiger partial charge in [-0.05, 0) is 18.8 Å². The molecule has 0 radical (unpaired) electrons. The van der Waals surface area contributed by atoms with E-state index in [2.05, 4.69) is 6.92 Å². The third kappa shape index (κ3) is 0.813. The van der Waals surface area contributed by atoms with E-state index in [1.54, 1.807) is 0 Å². The molecule has 0 aliphatic heterocycles. The van der Waals surface area contributed by atoms with Crippen LogP contribution in [0.5, 0.6) is 0 Å². The molecule has 2 nitrogen and oxygen atoms in total. The molecule has 0 bridgehead atoms. The lowest BCUT2D eigenvalue weighted by Gasteiger charge is -2.05. The third-order valence-corrected chi connectivity index (χ3v) is 3.63. The first kappa shape index (κ1) is 8.16. The van der Waals surface area contributed by atoms with Crippen LogP contribution in [0.2, 0.25) is 0 Å². The van der Waals surface area contributed by atoms with Crippen LogP contribution in [-0.4, -0.2) is 11.6 Å². The highest BCUT2D eigenvalue weighted by Crippen LogP contribution is 2.48. The molecule has 0 fully saturated rings. The Balaban J connectivity index is 2.14. The molecule has 1 atom stereocenters. The molecule has 0 aromatic rings. The van der Waals surface area contributed by atoms with E-state index in [-0.39, 0.29) is 11.6 Å². The maximum Gasteiger partial charge on any atom is 0.164 e. The van der Waals surface area contributed by atoms with E-state index in [9.17, 15) is 9.59 Å². The maximum atomic E-state index is 11.7. The number of hydrogen-bond acceptors (Lipinski definition) is 2. The number of rotatable bonds is 0. The van der Waals surface area contributed by atoms with Crippen LogP contribution in [0.25, 0.3) is 0 Å². The fourth-order valence-electron chi connectivity index (χ4n) is 2.93. The van der Waals surface area contributed by atoms with Crippen LogP contribution in [-0.2, 0) is 9.59 Å². The van der Waals surface area contributed by atoms with Gasteiger partial charge in [0.05, 0.1) is 0 Å². The van der Waals surface area contributed by atoms with E-state index >= 15 is 0 Å². The summed E-state index contributed by atoms with van der Waals surface area (Å²) >= 11 is 0. The number of carbonyl (C=O) groups excluding carboxylic acids is 2. The highest BCUT2D eigenvalue weighted by Gasteiger charge is 2.41. The Morgan fingerprint density at radius 1 is 1.07 bits per heavy atom. The Morgan fingerprint density at radius 3 is 2.64 bits per heavy atom. The topological polar surface area (TPSA) is 34.1 Å². The highest BCUT2D eigenvalue weighted by atomic mass is 16.1. The van der Waals surface area contributed by atoms with Crippen molar-refractivity contribution in [2.24, 2.45) is 5.92 Å². The number of Topliss-reactive ketones (excluding diaryl/α,β-unsaturated/α-hetero) is 2. The summed E-state index contributed by atoms with van der Waals surface area (Å²) in [5, 5.41) is 0. The van der Waals surface area contributed by atoms with Gasteiger partial charge in [-0.15, -0.1) is 0 Å². The summed E-state index contributed by atoms with van der Waals surface area (Å²) in [6.45, 7) is 2.09. The van der Waals surface area contributed by atoms with Crippen molar-refractivity contribution in [1.29, 1.82) is 0 Å². The quantitative estimate of drug-likeness (QED) is 0.582. The largest absolute Gasteiger partial charge is 0.294 e. The molecule has 0 heterocycles. The molecule has 3 aliphatic rings. The zero-order chi connectivity index (χ0) is 9.87. The minimum atomic E-state index is 0.201. The van der Waals surface area contributed by atoms with Gasteiger partial charge in [-0.25, -0.2) is 0 Å². The number of ketones is 2. The average Bonchev–Trinajstić information content (AvgIpc) is 2.71. The van der Waals surface area contributed by atoms with E-state index in [1.807, 2.05) is 0 Å². The van der Waals surface area contributed by atoms with Crippen molar-refractivity contribution in [3.05, 3.63) is 22.3 Å². The van der Waals surface area contributed by atoms with Gasteiger partial charge in [0.15, 0.2) is 11.6 Å². The first-order chi connectivity index (χ1) is 6.68. The summed E-state index contributed by atoms with van der Waals surface area (Å²) in [6, 6.07) is 0. The molecular formula is C12H12O2. The third-order valence-electron chi connectivity index (χ3n) is 3.63. The van der Waals surface area contributed by atoms with E-state index in [4.69, 9.17) is 0 Å². The number of allylic oxidation sites excluding steroid dienone is 4. The molecule has 2 heteroatoms. The maximum absolute atomic E-state index is 11.7. The molecule has 0 saturated carbocycles. The van der Waals surface area contributed by atoms with Crippen LogP contribution in [0.1, 0.15) is 32.6 Å². The Bertz CT molecular complexity index is 424. The van der Waals surface area contributed by atoms with Crippen molar-refractivity contribution in [2.45, 2.75) is 32.6 Å². The van der Waals surface area contributed by atoms with Crippen LogP contribution in [0, 0.1) is 5.92 Å². The van der Waals surface area contributed by atoms with Crippen molar-refractivity contribution >= 4 is 11.6 Å². The number of fused-ring (bicyclic) bond motifs is 1. The number of carbonyl (C=O) groups is 2. The van der Waals surface area contributed by atoms with Gasteiger partial charge >= 0.3 is 0 Å². The number of hydrogen-bond donors (Lipinski definition) is 0. The molecule has 3 rings (SSSR count). The van der Waals surface area contributed by atoms with Gasteiger partial charge in [0.25, 0.3) is 0 Å². The van der Waals surface area contributed by atoms with Crippen molar-refractivity contribution in [2.75, 3.05) is 0 Å². The van der Waals surface area contributed by atoms with Crippen molar-refractivity contribution in [1.82, 2.24) is 0 Å². The van der Waals surface area contributed by atoms with Gasteiger partial charge in [-0.2, -0.15) is 0 Å². The predicted molar refractivity (Wildman–Crippen MR) is 51.7 cm³/mol. The van der Waals surface area contributed by atoms with E-state index in [0.29, 0.717) is 18.8 Å². The molecule has 0 aromatic carbocycles. The van der Waals surface area contributed by atoms with Gasteiger partial charge < -0.3 is 0 Å². The monoisotopic (exact) mass is 188 g/mol. The Kier molecular flexibility index (Phi) is 1.42. The molecule has 0 amide bonds. The second-order valence-corrected chi connectivity index (χ2v) is 4.51. The van der Waals surface area contributed by atoms with Crippen molar-refractivity contribution < 1.29 is 9.59 Å². The fraction of sp³-hybridized carbons (Fsp3) is 0.500. The SMILES string of the molecule is CC1CC(=O)C2=C1CC1=C2C(=O)CC1. The summed E-state index contributed by atoms with van der Waals surface area (Å²) in [6.07, 6.45) is 3.04. The Labute approximate surface area is 82.7 Å². The van der Waals surface area contributed by atoms with E-state index < -0.39 is 0 Å². The smallest absolute Gasteiger partial charge is 0.164 e. The molecule has 0 aromatic heterocycles. The first-order valence-corrected chi connectivity index (χ1v) is 5.20. The van der Waals surface area contributed by atoms with Crippen molar-refractivity contribution in [3.63, 3.8) is 0 Å². The summed E-state index contributed by atoms with van der Waals surface area (Å²) in [5.74, 6) is 0.774. The lowest BCUT2D eigenvalue weighted by atomic mass is 9.98. The van der Waals surface area contributed by atoms with Crippen LogP contribution < -0.4 is 0 Å². The summed E-state index contributed by atoms with van der Waals surface area (Å²) in [7, 11) is 0. The highest BCUT2D eigenvalue weighted by molar-refractivity contribution is 6.17. The summed E-state index contributed by atoms with van der Waals surface area (Å²) < 4.78 is 0. The lowest BCUT2D eigenvalue weighted by molar-refractivity contribution is -0.117. The van der Waals surface area contributed by atoms with Gasteiger partial charge in [0.2, 0.25) is 0 Å². The Morgan fingerprint density at radius 2 is 1.86 bits per heavy atom. The van der Waals surface area contributed by atoms with E-state index in [1.165, 1.54) is 11.1 Å². The molecule has 0 N–H and O–H groups in total. The molecule has 14 heavy (non-hydrogen) atoms. The first-order valence-electron chi connectivity index (χ1n) is 5.20. The minimum absolute atomic E-state index is 0.201. The van der Waals surface area contributed by atoms with Gasteiger partial charge in [0.1, 0.15) is 0 Å². The second kappa shape index (κ2) is 2.44. The molecular weight excluding hydrogens is 176 g/mol. The van der Waals surface area contributed by atoms with Gasteiger partial charge in [0, 0.05) is 24.0 Å². The Hall–Kier alpha value is -1.18. The van der Waals surface area contributed by atoms with Gasteiger partial charge in [-0.3, -0.25) is 9.59 Å². The van der Waals surface area contributed by atoms with Crippen molar-refractivity contribution in [3.8, 4) is 0 Å². The predicted octanol–water partition coefficient (Wildman–Crippen LogP) is 1.96. The molecule has 0 saturated heterocycles.